The number of imidazole rings is 1. The maximum atomic E-state index is 14.2. The van der Waals surface area contributed by atoms with E-state index in [9.17, 15) is 31.9 Å². The van der Waals surface area contributed by atoms with Gasteiger partial charge in [-0.05, 0) is 56.3 Å². The summed E-state index contributed by atoms with van der Waals surface area (Å²) >= 11 is 0. The predicted octanol–water partition coefficient (Wildman–Crippen LogP) is 3.19. The lowest BCUT2D eigenvalue weighted by Gasteiger charge is -2.30. The summed E-state index contributed by atoms with van der Waals surface area (Å²) < 4.78 is 57.8. The number of carbonyl (C=O) groups excluding carboxylic acids is 3. The van der Waals surface area contributed by atoms with E-state index in [1.807, 2.05) is 0 Å². The van der Waals surface area contributed by atoms with Crippen LogP contribution in [0.2, 0.25) is 0 Å². The molecule has 0 radical (unpaired) electrons. The van der Waals surface area contributed by atoms with E-state index in [0.29, 0.717) is 17.2 Å². The second kappa shape index (κ2) is 11.1. The molecule has 2 aromatic carbocycles. The van der Waals surface area contributed by atoms with Gasteiger partial charge in [-0.15, -0.1) is 13.2 Å². The molecule has 10 nitrogen and oxygen atoms in total. The minimum atomic E-state index is -4.88. The number of fused-ring (bicyclic) bond motifs is 1. The topological polar surface area (TPSA) is 109 Å². The van der Waals surface area contributed by atoms with Crippen LogP contribution in [-0.2, 0) is 27.9 Å². The highest BCUT2D eigenvalue weighted by molar-refractivity contribution is 6.04. The Hall–Kier alpha value is -4.62. The summed E-state index contributed by atoms with van der Waals surface area (Å²) in [6, 6.07) is 7.50. The summed E-state index contributed by atoms with van der Waals surface area (Å²) in [6.07, 6.45) is -1.73. The quantitative estimate of drug-likeness (QED) is 0.419. The molecule has 2 N–H and O–H groups in total. The molecule has 1 aromatic heterocycles. The zero-order chi connectivity index (χ0) is 30.1. The van der Waals surface area contributed by atoms with E-state index in [-0.39, 0.29) is 18.7 Å². The molecule has 1 aliphatic rings. The minimum Gasteiger partial charge on any atom is -0.406 e. The highest BCUT2D eigenvalue weighted by Crippen LogP contribution is 2.38. The standard InChI is InChI=1S/C27H28F4N6O4/c1-26(2,34-23(38)14-22-32-11-12-35(22)3)25(40)33-19-15-37(17-6-8-18(9-7-17)41-27(29,30)31)20-10-5-16(28)13-21(20)36(4)24(19)39/h5-13,19H,14-15H2,1-4H3,(H,33,40)(H,34,38)/t19-/m1/s1. The number of nitrogens with zero attached hydrogens (tertiary/aromatic N) is 4. The molecule has 0 unspecified atom stereocenters. The van der Waals surface area contributed by atoms with Gasteiger partial charge in [-0.2, -0.15) is 0 Å². The summed E-state index contributed by atoms with van der Waals surface area (Å²) in [4.78, 5) is 46.3. The fourth-order valence-corrected chi connectivity index (χ4v) is 4.38. The Morgan fingerprint density at radius 2 is 1.76 bits per heavy atom. The monoisotopic (exact) mass is 576 g/mol. The number of halogens is 4. The number of benzene rings is 2. The first-order valence-corrected chi connectivity index (χ1v) is 12.4. The summed E-state index contributed by atoms with van der Waals surface area (Å²) in [6.45, 7) is 2.81. The Morgan fingerprint density at radius 1 is 1.07 bits per heavy atom. The lowest BCUT2D eigenvalue weighted by Crippen LogP contribution is -2.60. The van der Waals surface area contributed by atoms with Crippen LogP contribution in [0, 0.1) is 5.82 Å². The van der Waals surface area contributed by atoms with Crippen LogP contribution in [0.4, 0.5) is 34.6 Å². The Morgan fingerprint density at radius 3 is 2.37 bits per heavy atom. The van der Waals surface area contributed by atoms with Gasteiger partial charge >= 0.3 is 6.36 Å². The van der Waals surface area contributed by atoms with E-state index >= 15 is 0 Å². The molecule has 3 aromatic rings. The van der Waals surface area contributed by atoms with Crippen molar-refractivity contribution in [2.75, 3.05) is 23.4 Å². The van der Waals surface area contributed by atoms with Gasteiger partial charge in [0.15, 0.2) is 0 Å². The first kappa shape index (κ1) is 29.4. The highest BCUT2D eigenvalue weighted by Gasteiger charge is 2.38. The number of aryl methyl sites for hydroxylation is 1. The number of ether oxygens (including phenoxy) is 1. The fraction of sp³-hybridized carbons (Fsp3) is 0.333. The molecule has 3 amide bonds. The van der Waals surface area contributed by atoms with Gasteiger partial charge in [0.2, 0.25) is 11.8 Å². The van der Waals surface area contributed by atoms with E-state index in [0.717, 1.165) is 18.2 Å². The van der Waals surface area contributed by atoms with Crippen molar-refractivity contribution in [3.05, 3.63) is 66.5 Å². The third kappa shape index (κ3) is 6.76. The zero-order valence-electron chi connectivity index (χ0n) is 22.6. The van der Waals surface area contributed by atoms with Gasteiger partial charge < -0.3 is 29.7 Å². The smallest absolute Gasteiger partial charge is 0.406 e. The Kier molecular flexibility index (Phi) is 7.95. The van der Waals surface area contributed by atoms with Crippen molar-refractivity contribution in [2.24, 2.45) is 7.05 Å². The van der Waals surface area contributed by atoms with Crippen LogP contribution in [0.15, 0.2) is 54.9 Å². The Labute approximate surface area is 232 Å². The molecule has 2 heterocycles. The molecule has 4 rings (SSSR count). The van der Waals surface area contributed by atoms with Crippen LogP contribution in [0.3, 0.4) is 0 Å². The van der Waals surface area contributed by atoms with Gasteiger partial charge in [-0.1, -0.05) is 0 Å². The third-order valence-electron chi connectivity index (χ3n) is 6.53. The Bertz CT molecular complexity index is 1450. The molecule has 1 atom stereocenters. The normalized spacial score (nSPS) is 15.7. The predicted molar refractivity (Wildman–Crippen MR) is 141 cm³/mol. The summed E-state index contributed by atoms with van der Waals surface area (Å²) in [5, 5.41) is 5.32. The SMILES string of the molecule is CN1C(=O)[C@H](NC(=O)C(C)(C)NC(=O)Cc2nccn2C)CN(c2ccc(OC(F)(F)F)cc2)c2ccc(F)cc21. The number of hydrogen-bond donors (Lipinski definition) is 2. The van der Waals surface area contributed by atoms with Crippen molar-refractivity contribution < 1.29 is 36.7 Å². The molecule has 0 bridgehead atoms. The van der Waals surface area contributed by atoms with Gasteiger partial charge in [0, 0.05) is 32.2 Å². The molecule has 0 saturated carbocycles. The number of anilines is 3. The molecule has 218 valence electrons. The fourth-order valence-electron chi connectivity index (χ4n) is 4.38. The van der Waals surface area contributed by atoms with Gasteiger partial charge in [0.25, 0.3) is 5.91 Å². The third-order valence-corrected chi connectivity index (χ3v) is 6.53. The maximum absolute atomic E-state index is 14.2. The van der Waals surface area contributed by atoms with E-state index < -0.39 is 47.2 Å². The van der Waals surface area contributed by atoms with Crippen LogP contribution in [-0.4, -0.2) is 58.8 Å². The van der Waals surface area contributed by atoms with Gasteiger partial charge in [-0.3, -0.25) is 14.4 Å². The number of rotatable bonds is 7. The number of hydrogen-bond acceptors (Lipinski definition) is 6. The average Bonchev–Trinajstić information content (AvgIpc) is 3.24. The van der Waals surface area contributed by atoms with Crippen LogP contribution in [0.25, 0.3) is 0 Å². The average molecular weight is 577 g/mol. The molecule has 0 fully saturated rings. The van der Waals surface area contributed by atoms with E-state index in [1.165, 1.54) is 50.1 Å². The lowest BCUT2D eigenvalue weighted by atomic mass is 10.0. The van der Waals surface area contributed by atoms with Crippen molar-refractivity contribution in [3.8, 4) is 5.75 Å². The molecule has 1 aliphatic heterocycles. The number of likely N-dealkylation sites (N-methyl/N-ethyl adjacent to an activating group) is 1. The number of amides is 3. The van der Waals surface area contributed by atoms with Crippen molar-refractivity contribution in [1.29, 1.82) is 0 Å². The van der Waals surface area contributed by atoms with Crippen LogP contribution >= 0.6 is 0 Å². The van der Waals surface area contributed by atoms with E-state index in [1.54, 1.807) is 28.9 Å². The lowest BCUT2D eigenvalue weighted by molar-refractivity contribution is -0.274. The number of alkyl halides is 3. The second-order valence-electron chi connectivity index (χ2n) is 10.0. The number of aromatic nitrogens is 2. The maximum Gasteiger partial charge on any atom is 0.573 e. The molecule has 0 aliphatic carbocycles. The van der Waals surface area contributed by atoms with E-state index in [2.05, 4.69) is 20.4 Å². The van der Waals surface area contributed by atoms with Crippen LogP contribution in [0.5, 0.6) is 5.75 Å². The van der Waals surface area contributed by atoms with Gasteiger partial charge in [-0.25, -0.2) is 9.37 Å². The van der Waals surface area contributed by atoms with Crippen molar-refractivity contribution in [2.45, 2.75) is 38.2 Å². The molecule has 0 saturated heterocycles. The summed E-state index contributed by atoms with van der Waals surface area (Å²) in [7, 11) is 3.15. The molecular weight excluding hydrogens is 548 g/mol. The molecule has 41 heavy (non-hydrogen) atoms. The van der Waals surface area contributed by atoms with Crippen molar-refractivity contribution in [1.82, 2.24) is 20.2 Å². The Balaban J connectivity index is 1.59. The summed E-state index contributed by atoms with van der Waals surface area (Å²) in [5.74, 6) is -2.27. The number of carbonyl (C=O) groups is 3. The second-order valence-corrected chi connectivity index (χ2v) is 10.0. The number of nitrogens with one attached hydrogen (secondary N) is 2. The van der Waals surface area contributed by atoms with Crippen molar-refractivity contribution >= 4 is 34.8 Å². The molecule has 0 spiro atoms. The van der Waals surface area contributed by atoms with Gasteiger partial charge in [0.05, 0.1) is 24.3 Å². The van der Waals surface area contributed by atoms with Crippen molar-refractivity contribution in [3.63, 3.8) is 0 Å². The first-order chi connectivity index (χ1) is 19.1. The van der Waals surface area contributed by atoms with Crippen LogP contribution in [0.1, 0.15) is 19.7 Å². The van der Waals surface area contributed by atoms with Gasteiger partial charge in [0.1, 0.15) is 29.0 Å². The molecule has 14 heteroatoms. The summed E-state index contributed by atoms with van der Waals surface area (Å²) in [5.41, 5.74) is -0.512. The zero-order valence-corrected chi connectivity index (χ0v) is 22.6. The molecular formula is C27H28F4N6O4. The largest absolute Gasteiger partial charge is 0.573 e. The highest BCUT2D eigenvalue weighted by atomic mass is 19.4. The minimum absolute atomic E-state index is 0.0754. The first-order valence-electron chi connectivity index (χ1n) is 12.4. The van der Waals surface area contributed by atoms with Crippen LogP contribution < -0.4 is 25.2 Å². The van der Waals surface area contributed by atoms with E-state index in [4.69, 9.17) is 0 Å².